The maximum atomic E-state index is 13.2. The van der Waals surface area contributed by atoms with Gasteiger partial charge in [-0.15, -0.1) is 0 Å². The summed E-state index contributed by atoms with van der Waals surface area (Å²) in [4.78, 5) is 4.40. The summed E-state index contributed by atoms with van der Waals surface area (Å²) in [5, 5.41) is 15.9. The molecule has 0 amide bonds. The first-order valence-electron chi connectivity index (χ1n) is 9.90. The van der Waals surface area contributed by atoms with Crippen LogP contribution in [0.2, 0.25) is 0 Å². The van der Waals surface area contributed by atoms with E-state index in [-0.39, 0.29) is 10.9 Å². The van der Waals surface area contributed by atoms with E-state index in [0.29, 0.717) is 23.3 Å². The molecule has 0 saturated heterocycles. The van der Waals surface area contributed by atoms with Gasteiger partial charge in [-0.05, 0) is 37.3 Å². The number of benzene rings is 2. The first-order valence-corrected chi connectivity index (χ1v) is 11.3. The Kier molecular flexibility index (Phi) is 6.00. The van der Waals surface area contributed by atoms with Gasteiger partial charge in [0.25, 0.3) is 10.0 Å². The Hall–Kier alpha value is -3.98. The molecule has 9 heteroatoms. The third kappa shape index (κ3) is 4.37. The van der Waals surface area contributed by atoms with Crippen LogP contribution < -0.4 is 10.7 Å². The molecule has 32 heavy (non-hydrogen) atoms. The second-order valence-corrected chi connectivity index (χ2v) is 8.85. The lowest BCUT2D eigenvalue weighted by molar-refractivity contribution is 0.589. The van der Waals surface area contributed by atoms with Crippen LogP contribution in [0.3, 0.4) is 0 Å². The fourth-order valence-electron chi connectivity index (χ4n) is 3.26. The highest BCUT2D eigenvalue weighted by Gasteiger charge is 2.21. The van der Waals surface area contributed by atoms with E-state index in [1.165, 1.54) is 3.97 Å². The highest BCUT2D eigenvalue weighted by atomic mass is 32.2. The third-order valence-electron chi connectivity index (χ3n) is 4.88. The number of para-hydroxylation sites is 1. The fourth-order valence-corrected chi connectivity index (χ4v) is 4.65. The van der Waals surface area contributed by atoms with E-state index in [9.17, 15) is 8.42 Å². The van der Waals surface area contributed by atoms with E-state index in [1.54, 1.807) is 61.8 Å². The van der Waals surface area contributed by atoms with Crippen molar-refractivity contribution in [1.82, 2.24) is 19.7 Å². The topological polar surface area (TPSA) is 112 Å². The summed E-state index contributed by atoms with van der Waals surface area (Å²) < 4.78 is 27.7. The van der Waals surface area contributed by atoms with Crippen LogP contribution in [0.5, 0.6) is 0 Å². The van der Waals surface area contributed by atoms with E-state index in [0.717, 1.165) is 11.1 Å². The maximum absolute atomic E-state index is 13.2. The highest BCUT2D eigenvalue weighted by Crippen LogP contribution is 2.26. The van der Waals surface area contributed by atoms with Gasteiger partial charge >= 0.3 is 0 Å². The number of hydrazone groups is 1. The normalized spacial score (nSPS) is 12.0. The molecule has 2 aromatic heterocycles. The summed E-state index contributed by atoms with van der Waals surface area (Å²) in [7, 11) is -3.77. The Morgan fingerprint density at radius 1 is 1.03 bits per heavy atom. The summed E-state index contributed by atoms with van der Waals surface area (Å²) in [5.41, 5.74) is 5.23. The molecule has 0 bridgehead atoms. The second-order valence-electron chi connectivity index (χ2n) is 7.03. The minimum Gasteiger partial charge on any atom is -0.349 e. The van der Waals surface area contributed by atoms with Gasteiger partial charge in [0.2, 0.25) is 5.96 Å². The zero-order chi connectivity index (χ0) is 22.6. The molecular weight excluding hydrogens is 424 g/mol. The molecule has 0 aliphatic carbocycles. The van der Waals surface area contributed by atoms with Crippen LogP contribution in [0.25, 0.3) is 10.9 Å². The Balaban J connectivity index is 1.60. The van der Waals surface area contributed by atoms with Crippen LogP contribution >= 0.6 is 0 Å². The molecular formula is C23H22N6O2S. The lowest BCUT2D eigenvalue weighted by atomic mass is 10.1. The summed E-state index contributed by atoms with van der Waals surface area (Å²) in [5.74, 6) is 0.00986. The van der Waals surface area contributed by atoms with Crippen molar-refractivity contribution in [2.75, 3.05) is 0 Å². The zero-order valence-electron chi connectivity index (χ0n) is 17.4. The summed E-state index contributed by atoms with van der Waals surface area (Å²) in [6.07, 6.45) is 3.26. The predicted octanol–water partition coefficient (Wildman–Crippen LogP) is 3.31. The lowest BCUT2D eigenvalue weighted by Crippen LogP contribution is -2.33. The molecule has 3 N–H and O–H groups in total. The number of rotatable bonds is 6. The molecule has 2 aromatic carbocycles. The lowest BCUT2D eigenvalue weighted by Gasteiger charge is -2.07. The predicted molar refractivity (Wildman–Crippen MR) is 125 cm³/mol. The number of nitrogens with one attached hydrogen (secondary N) is 3. The van der Waals surface area contributed by atoms with E-state index in [4.69, 9.17) is 5.41 Å². The number of guanidine groups is 1. The fraction of sp³-hybridized carbons (Fsp3) is 0.0870. The number of pyridine rings is 1. The van der Waals surface area contributed by atoms with E-state index in [2.05, 4.69) is 20.8 Å². The Labute approximate surface area is 186 Å². The van der Waals surface area contributed by atoms with Gasteiger partial charge in [0.1, 0.15) is 0 Å². The Morgan fingerprint density at radius 2 is 1.75 bits per heavy atom. The van der Waals surface area contributed by atoms with Crippen molar-refractivity contribution in [2.45, 2.75) is 18.4 Å². The smallest absolute Gasteiger partial charge is 0.268 e. The molecule has 0 radical (unpaired) electrons. The maximum Gasteiger partial charge on any atom is 0.268 e. The van der Waals surface area contributed by atoms with Crippen LogP contribution in [0.15, 0.2) is 95.2 Å². The summed E-state index contributed by atoms with van der Waals surface area (Å²) in [6.45, 7) is 2.15. The van der Waals surface area contributed by atoms with Crippen molar-refractivity contribution in [2.24, 2.45) is 5.10 Å². The van der Waals surface area contributed by atoms with Crippen molar-refractivity contribution in [1.29, 1.82) is 5.41 Å². The quantitative estimate of drug-likeness (QED) is 0.239. The van der Waals surface area contributed by atoms with Gasteiger partial charge in [0.05, 0.1) is 28.4 Å². The largest absolute Gasteiger partial charge is 0.349 e. The summed E-state index contributed by atoms with van der Waals surface area (Å²) in [6, 6.07) is 21.1. The van der Waals surface area contributed by atoms with Crippen molar-refractivity contribution in [3.05, 3.63) is 96.4 Å². The van der Waals surface area contributed by atoms with Crippen LogP contribution in [0, 0.1) is 5.41 Å². The number of aromatic nitrogens is 2. The van der Waals surface area contributed by atoms with Crippen LogP contribution in [0.1, 0.15) is 18.2 Å². The molecule has 8 nitrogen and oxygen atoms in total. The number of hydrogen-bond donors (Lipinski definition) is 3. The molecule has 0 spiro atoms. The molecule has 0 aliphatic heterocycles. The molecule has 4 aromatic rings. The van der Waals surface area contributed by atoms with Gasteiger partial charge in [0.15, 0.2) is 0 Å². The minimum atomic E-state index is -3.77. The number of fused-ring (bicyclic) bond motifs is 1. The first kappa shape index (κ1) is 21.3. The van der Waals surface area contributed by atoms with Crippen LogP contribution in [0.4, 0.5) is 0 Å². The van der Waals surface area contributed by atoms with E-state index < -0.39 is 10.0 Å². The number of nitrogens with zero attached hydrogens (tertiary/aromatic N) is 3. The number of hydrogen-bond acceptors (Lipinski definition) is 5. The molecule has 0 saturated carbocycles. The van der Waals surface area contributed by atoms with Crippen LogP contribution in [-0.4, -0.2) is 29.0 Å². The Bertz CT molecular complexity index is 1380. The Morgan fingerprint density at radius 3 is 2.50 bits per heavy atom. The molecule has 162 valence electrons. The first-order chi connectivity index (χ1) is 15.5. The zero-order valence-corrected chi connectivity index (χ0v) is 18.2. The van der Waals surface area contributed by atoms with Crippen molar-refractivity contribution >= 4 is 32.6 Å². The average molecular weight is 447 g/mol. The third-order valence-corrected chi connectivity index (χ3v) is 6.56. The van der Waals surface area contributed by atoms with E-state index in [1.807, 2.05) is 30.3 Å². The standard InChI is InChI=1S/C23H22N6O2S/c1-17(27-28-23(24)26-15-18-9-7-8-14-25-18)21-16-29(22-13-6-5-12-20(21)22)32(30,31)19-10-3-2-4-11-19/h2-14,16H,15H2,1H3,(H3,24,26,28). The van der Waals surface area contributed by atoms with Gasteiger partial charge in [-0.1, -0.05) is 42.5 Å². The van der Waals surface area contributed by atoms with Gasteiger partial charge < -0.3 is 5.32 Å². The average Bonchev–Trinajstić information content (AvgIpc) is 3.23. The van der Waals surface area contributed by atoms with Gasteiger partial charge in [-0.2, -0.15) is 5.10 Å². The van der Waals surface area contributed by atoms with Gasteiger partial charge in [0, 0.05) is 23.3 Å². The van der Waals surface area contributed by atoms with Crippen molar-refractivity contribution < 1.29 is 8.42 Å². The van der Waals surface area contributed by atoms with Crippen LogP contribution in [-0.2, 0) is 16.6 Å². The molecule has 0 unspecified atom stereocenters. The highest BCUT2D eigenvalue weighted by molar-refractivity contribution is 7.90. The SMILES string of the molecule is CC(=NNC(=N)NCc1ccccn1)c1cn(S(=O)(=O)c2ccccc2)c2ccccc12. The van der Waals surface area contributed by atoms with Crippen molar-refractivity contribution in [3.8, 4) is 0 Å². The molecule has 0 aliphatic rings. The van der Waals surface area contributed by atoms with Crippen molar-refractivity contribution in [3.63, 3.8) is 0 Å². The second kappa shape index (κ2) is 9.03. The monoisotopic (exact) mass is 446 g/mol. The molecule has 4 rings (SSSR count). The molecule has 2 heterocycles. The molecule has 0 fully saturated rings. The van der Waals surface area contributed by atoms with Gasteiger partial charge in [-0.3, -0.25) is 10.4 Å². The molecule has 0 atom stereocenters. The minimum absolute atomic E-state index is 0.00986. The van der Waals surface area contributed by atoms with E-state index >= 15 is 0 Å². The van der Waals surface area contributed by atoms with Gasteiger partial charge in [-0.25, -0.2) is 17.8 Å². The summed E-state index contributed by atoms with van der Waals surface area (Å²) >= 11 is 0.